The summed E-state index contributed by atoms with van der Waals surface area (Å²) in [6.07, 6.45) is 0. The minimum absolute atomic E-state index is 0.155. The van der Waals surface area contributed by atoms with Gasteiger partial charge in [0.25, 0.3) is 0 Å². The number of ether oxygens (including phenoxy) is 1. The molecule has 98 valence electrons. The number of amides is 1. The Morgan fingerprint density at radius 2 is 2.33 bits per heavy atom. The van der Waals surface area contributed by atoms with Gasteiger partial charge in [0.05, 0.1) is 18.6 Å². The maximum Gasteiger partial charge on any atom is 0.236 e. The molecule has 2 atom stereocenters. The topological polar surface area (TPSA) is 55.6 Å². The van der Waals surface area contributed by atoms with Crippen molar-refractivity contribution in [3.63, 3.8) is 0 Å². The van der Waals surface area contributed by atoms with Crippen LogP contribution in [-0.2, 0) is 9.53 Å². The van der Waals surface area contributed by atoms with Crippen LogP contribution in [0.15, 0.2) is 24.3 Å². The first-order valence-electron chi connectivity index (χ1n) is 5.82. The second kappa shape index (κ2) is 4.66. The zero-order valence-corrected chi connectivity index (χ0v) is 10.5. The smallest absolute Gasteiger partial charge is 0.236 e. The molecule has 1 aromatic carbocycles. The highest BCUT2D eigenvalue weighted by molar-refractivity contribution is 5.97. The Morgan fingerprint density at radius 1 is 1.61 bits per heavy atom. The Labute approximate surface area is 106 Å². The third kappa shape index (κ3) is 2.11. The quantitative estimate of drug-likeness (QED) is 0.859. The Hall–Kier alpha value is -1.46. The van der Waals surface area contributed by atoms with Crippen molar-refractivity contribution in [3.05, 3.63) is 30.1 Å². The molecule has 2 unspecified atom stereocenters. The molecule has 1 saturated heterocycles. The number of hydrogen-bond acceptors (Lipinski definition) is 3. The van der Waals surface area contributed by atoms with Crippen molar-refractivity contribution in [1.29, 1.82) is 0 Å². The van der Waals surface area contributed by atoms with Gasteiger partial charge in [-0.05, 0) is 25.1 Å². The van der Waals surface area contributed by atoms with Crippen LogP contribution in [0, 0.1) is 11.2 Å². The lowest BCUT2D eigenvalue weighted by atomic mass is 9.84. The number of nitrogens with two attached hydrogens (primary N) is 1. The number of hydrogen-bond donors (Lipinski definition) is 1. The molecule has 0 aliphatic carbocycles. The molecular formula is C13H17FN2O2. The van der Waals surface area contributed by atoms with E-state index in [1.54, 1.807) is 26.1 Å². The Balaban J connectivity index is 2.24. The van der Waals surface area contributed by atoms with E-state index in [0.717, 1.165) is 0 Å². The molecule has 1 aromatic rings. The minimum Gasteiger partial charge on any atom is -0.379 e. The molecule has 4 nitrogen and oxygen atoms in total. The van der Waals surface area contributed by atoms with Crippen LogP contribution in [0.4, 0.5) is 10.1 Å². The van der Waals surface area contributed by atoms with E-state index in [1.807, 2.05) is 0 Å². The Morgan fingerprint density at radius 3 is 2.89 bits per heavy atom. The fraction of sp³-hybridized carbons (Fsp3) is 0.462. The molecule has 1 amide bonds. The molecule has 18 heavy (non-hydrogen) atoms. The summed E-state index contributed by atoms with van der Waals surface area (Å²) < 4.78 is 18.4. The summed E-state index contributed by atoms with van der Waals surface area (Å²) >= 11 is 0. The maximum absolute atomic E-state index is 13.2. The van der Waals surface area contributed by atoms with Crippen LogP contribution in [-0.4, -0.2) is 32.2 Å². The summed E-state index contributed by atoms with van der Waals surface area (Å²) in [5.41, 5.74) is 5.68. The summed E-state index contributed by atoms with van der Waals surface area (Å²) in [5.74, 6) is -0.526. The van der Waals surface area contributed by atoms with Crippen molar-refractivity contribution in [2.75, 3.05) is 25.2 Å². The van der Waals surface area contributed by atoms with Crippen molar-refractivity contribution >= 4 is 11.6 Å². The number of benzene rings is 1. The van der Waals surface area contributed by atoms with Crippen molar-refractivity contribution < 1.29 is 13.9 Å². The zero-order valence-electron chi connectivity index (χ0n) is 10.5. The lowest BCUT2D eigenvalue weighted by Crippen LogP contribution is -2.50. The van der Waals surface area contributed by atoms with E-state index in [-0.39, 0.29) is 17.8 Å². The SMILES string of the molecule is CN(C(=O)C1(C)COCC1N)c1cccc(F)c1. The van der Waals surface area contributed by atoms with Gasteiger partial charge in [-0.2, -0.15) is 0 Å². The fourth-order valence-electron chi connectivity index (χ4n) is 2.09. The van der Waals surface area contributed by atoms with Crippen molar-refractivity contribution in [2.24, 2.45) is 11.1 Å². The van der Waals surface area contributed by atoms with Crippen LogP contribution in [0.2, 0.25) is 0 Å². The van der Waals surface area contributed by atoms with Crippen LogP contribution < -0.4 is 10.6 Å². The highest BCUT2D eigenvalue weighted by Gasteiger charge is 2.46. The van der Waals surface area contributed by atoms with Crippen LogP contribution in [0.5, 0.6) is 0 Å². The monoisotopic (exact) mass is 252 g/mol. The second-order valence-corrected chi connectivity index (χ2v) is 4.88. The molecule has 1 heterocycles. The second-order valence-electron chi connectivity index (χ2n) is 4.88. The summed E-state index contributed by atoms with van der Waals surface area (Å²) in [5, 5.41) is 0. The summed E-state index contributed by atoms with van der Waals surface area (Å²) in [6.45, 7) is 2.45. The van der Waals surface area contributed by atoms with Crippen LogP contribution in [0.25, 0.3) is 0 Å². The third-order valence-corrected chi connectivity index (χ3v) is 3.51. The molecule has 0 aromatic heterocycles. The van der Waals surface area contributed by atoms with Gasteiger partial charge in [-0.3, -0.25) is 4.79 Å². The summed E-state index contributed by atoms with van der Waals surface area (Å²) in [4.78, 5) is 13.9. The van der Waals surface area contributed by atoms with E-state index >= 15 is 0 Å². The van der Waals surface area contributed by atoms with E-state index in [2.05, 4.69) is 0 Å². The highest BCUT2D eigenvalue weighted by atomic mass is 19.1. The molecule has 2 rings (SSSR count). The van der Waals surface area contributed by atoms with Crippen LogP contribution >= 0.6 is 0 Å². The van der Waals surface area contributed by atoms with Gasteiger partial charge in [-0.1, -0.05) is 6.07 Å². The Bertz CT molecular complexity index is 466. The van der Waals surface area contributed by atoms with Crippen molar-refractivity contribution in [2.45, 2.75) is 13.0 Å². The fourth-order valence-corrected chi connectivity index (χ4v) is 2.09. The first-order chi connectivity index (χ1) is 8.45. The van der Waals surface area contributed by atoms with Gasteiger partial charge in [0.15, 0.2) is 0 Å². The lowest BCUT2D eigenvalue weighted by molar-refractivity contribution is -0.127. The number of nitrogens with zero attached hydrogens (tertiary/aromatic N) is 1. The van der Waals surface area contributed by atoms with Gasteiger partial charge in [-0.15, -0.1) is 0 Å². The number of rotatable bonds is 2. The molecule has 0 radical (unpaired) electrons. The number of carbonyl (C=O) groups excluding carboxylic acids is 1. The highest BCUT2D eigenvalue weighted by Crippen LogP contribution is 2.31. The number of halogens is 1. The lowest BCUT2D eigenvalue weighted by Gasteiger charge is -2.30. The Kier molecular flexibility index (Phi) is 3.36. The van der Waals surface area contributed by atoms with Gasteiger partial charge in [0.2, 0.25) is 5.91 Å². The summed E-state index contributed by atoms with van der Waals surface area (Å²) in [6, 6.07) is 5.59. The van der Waals surface area contributed by atoms with E-state index in [0.29, 0.717) is 18.9 Å². The average Bonchev–Trinajstić information content (AvgIpc) is 2.69. The molecule has 1 aliphatic rings. The van der Waals surface area contributed by atoms with Crippen LogP contribution in [0.1, 0.15) is 6.92 Å². The normalized spacial score (nSPS) is 27.2. The molecular weight excluding hydrogens is 235 g/mol. The summed E-state index contributed by atoms with van der Waals surface area (Å²) in [7, 11) is 1.62. The minimum atomic E-state index is -0.749. The molecule has 1 aliphatic heterocycles. The molecule has 2 N–H and O–H groups in total. The largest absolute Gasteiger partial charge is 0.379 e. The van der Waals surface area contributed by atoms with Gasteiger partial charge in [0, 0.05) is 18.8 Å². The maximum atomic E-state index is 13.2. The first-order valence-corrected chi connectivity index (χ1v) is 5.82. The molecule has 0 bridgehead atoms. The van der Waals surface area contributed by atoms with Crippen LogP contribution in [0.3, 0.4) is 0 Å². The zero-order chi connectivity index (χ0) is 13.3. The van der Waals surface area contributed by atoms with Gasteiger partial charge >= 0.3 is 0 Å². The third-order valence-electron chi connectivity index (χ3n) is 3.51. The number of carbonyl (C=O) groups is 1. The van der Waals surface area contributed by atoms with E-state index in [4.69, 9.17) is 10.5 Å². The van der Waals surface area contributed by atoms with E-state index in [1.165, 1.54) is 17.0 Å². The molecule has 0 spiro atoms. The predicted molar refractivity (Wildman–Crippen MR) is 66.7 cm³/mol. The first kappa shape index (κ1) is 13.0. The van der Waals surface area contributed by atoms with Gasteiger partial charge in [0.1, 0.15) is 5.82 Å². The average molecular weight is 252 g/mol. The molecule has 0 saturated carbocycles. The van der Waals surface area contributed by atoms with Crippen molar-refractivity contribution in [1.82, 2.24) is 0 Å². The van der Waals surface area contributed by atoms with E-state index in [9.17, 15) is 9.18 Å². The van der Waals surface area contributed by atoms with Crippen molar-refractivity contribution in [3.8, 4) is 0 Å². The molecule has 5 heteroatoms. The number of anilines is 1. The van der Waals surface area contributed by atoms with E-state index < -0.39 is 5.41 Å². The molecule has 1 fully saturated rings. The van der Waals surface area contributed by atoms with Gasteiger partial charge < -0.3 is 15.4 Å². The predicted octanol–water partition coefficient (Wildman–Crippen LogP) is 1.15. The van der Waals surface area contributed by atoms with Gasteiger partial charge in [-0.25, -0.2) is 4.39 Å². The standard InChI is InChI=1S/C13H17FN2O2/c1-13(8-18-7-11(13)15)12(17)16(2)10-5-3-4-9(14)6-10/h3-6,11H,7-8,15H2,1-2H3.